The lowest BCUT2D eigenvalue weighted by Crippen LogP contribution is -2.34. The highest BCUT2D eigenvalue weighted by molar-refractivity contribution is 6.01. The molecule has 1 rings (SSSR count). The largest absolute Gasteiger partial charge is 0.480 e. The maximum Gasteiger partial charge on any atom is 0.329 e. The molecule has 1 fully saturated rings. The molecule has 1 aliphatic rings. The van der Waals surface area contributed by atoms with Crippen LogP contribution in [0.2, 0.25) is 0 Å². The standard InChI is InChI=1S/C7H10N2O5/c10-5-3-8-7(13)9(5)1-2-14-4-6(11)12/h1-4H2,(H,8,13)(H,11,12). The Hall–Kier alpha value is -1.63. The van der Waals surface area contributed by atoms with Gasteiger partial charge in [0.15, 0.2) is 0 Å². The van der Waals surface area contributed by atoms with E-state index in [1.165, 1.54) is 0 Å². The number of hydrogen-bond acceptors (Lipinski definition) is 4. The first kappa shape index (κ1) is 10.5. The summed E-state index contributed by atoms with van der Waals surface area (Å²) in [6.45, 7) is -0.315. The van der Waals surface area contributed by atoms with Gasteiger partial charge in [-0.3, -0.25) is 9.69 Å². The van der Waals surface area contributed by atoms with E-state index in [4.69, 9.17) is 5.11 Å². The number of nitrogens with one attached hydrogen (secondary N) is 1. The number of aliphatic carboxylic acids is 1. The Morgan fingerprint density at radius 1 is 1.57 bits per heavy atom. The van der Waals surface area contributed by atoms with Crippen LogP contribution in [0.1, 0.15) is 0 Å². The number of imide groups is 1. The summed E-state index contributed by atoms with van der Waals surface area (Å²) in [5, 5.41) is 10.6. The van der Waals surface area contributed by atoms with Crippen molar-refractivity contribution in [1.29, 1.82) is 0 Å². The van der Waals surface area contributed by atoms with Crippen molar-refractivity contribution in [1.82, 2.24) is 10.2 Å². The third-order valence-electron chi connectivity index (χ3n) is 1.62. The Kier molecular flexibility index (Phi) is 3.41. The van der Waals surface area contributed by atoms with Crippen LogP contribution in [0.25, 0.3) is 0 Å². The SMILES string of the molecule is O=C(O)COCCN1C(=O)CNC1=O. The van der Waals surface area contributed by atoms with Crippen molar-refractivity contribution in [3.63, 3.8) is 0 Å². The van der Waals surface area contributed by atoms with Crippen molar-refractivity contribution >= 4 is 17.9 Å². The van der Waals surface area contributed by atoms with Crippen LogP contribution in [-0.2, 0) is 14.3 Å². The fourth-order valence-corrected chi connectivity index (χ4v) is 0.997. The van der Waals surface area contributed by atoms with Gasteiger partial charge in [-0.2, -0.15) is 0 Å². The number of nitrogens with zero attached hydrogens (tertiary/aromatic N) is 1. The summed E-state index contributed by atoms with van der Waals surface area (Å²) in [5.41, 5.74) is 0. The zero-order chi connectivity index (χ0) is 10.6. The summed E-state index contributed by atoms with van der Waals surface area (Å²) >= 11 is 0. The van der Waals surface area contributed by atoms with E-state index in [1.807, 2.05) is 0 Å². The molecule has 0 aromatic rings. The Morgan fingerprint density at radius 2 is 2.29 bits per heavy atom. The molecule has 1 heterocycles. The Bertz CT molecular complexity index is 249. The fraction of sp³-hybridized carbons (Fsp3) is 0.571. The molecule has 14 heavy (non-hydrogen) atoms. The second-order valence-electron chi connectivity index (χ2n) is 2.65. The summed E-state index contributed by atoms with van der Waals surface area (Å²) in [6.07, 6.45) is 0. The van der Waals surface area contributed by atoms with Gasteiger partial charge in [0, 0.05) is 0 Å². The van der Waals surface area contributed by atoms with Crippen molar-refractivity contribution in [2.24, 2.45) is 0 Å². The monoisotopic (exact) mass is 202 g/mol. The van der Waals surface area contributed by atoms with Gasteiger partial charge >= 0.3 is 12.0 Å². The first-order valence-corrected chi connectivity index (χ1v) is 3.99. The predicted molar refractivity (Wildman–Crippen MR) is 43.6 cm³/mol. The van der Waals surface area contributed by atoms with Crippen LogP contribution in [0.4, 0.5) is 4.79 Å². The van der Waals surface area contributed by atoms with Gasteiger partial charge in [0.25, 0.3) is 0 Å². The number of carbonyl (C=O) groups is 3. The lowest BCUT2D eigenvalue weighted by atomic mass is 10.5. The summed E-state index contributed by atoms with van der Waals surface area (Å²) in [5.74, 6) is -1.41. The van der Waals surface area contributed by atoms with Crippen LogP contribution in [-0.4, -0.2) is 54.2 Å². The quantitative estimate of drug-likeness (QED) is 0.424. The Morgan fingerprint density at radius 3 is 2.79 bits per heavy atom. The number of rotatable bonds is 5. The zero-order valence-electron chi connectivity index (χ0n) is 7.36. The zero-order valence-corrected chi connectivity index (χ0v) is 7.36. The molecule has 0 saturated carbocycles. The fourth-order valence-electron chi connectivity index (χ4n) is 0.997. The lowest BCUT2D eigenvalue weighted by Gasteiger charge is -2.11. The number of urea groups is 1. The molecule has 0 bridgehead atoms. The Balaban J connectivity index is 2.20. The molecule has 7 nitrogen and oxygen atoms in total. The summed E-state index contributed by atoms with van der Waals surface area (Å²) in [7, 11) is 0. The molecule has 2 N–H and O–H groups in total. The average Bonchev–Trinajstić information content (AvgIpc) is 2.42. The van der Waals surface area contributed by atoms with E-state index in [9.17, 15) is 14.4 Å². The third-order valence-corrected chi connectivity index (χ3v) is 1.62. The minimum Gasteiger partial charge on any atom is -0.480 e. The molecule has 0 atom stereocenters. The molecule has 0 aliphatic carbocycles. The third kappa shape index (κ3) is 2.70. The first-order chi connectivity index (χ1) is 6.61. The number of hydrogen-bond donors (Lipinski definition) is 2. The van der Waals surface area contributed by atoms with Crippen molar-refractivity contribution in [2.75, 3.05) is 26.3 Å². The van der Waals surface area contributed by atoms with E-state index < -0.39 is 18.6 Å². The maximum atomic E-state index is 11.0. The van der Waals surface area contributed by atoms with Gasteiger partial charge in [-0.25, -0.2) is 9.59 Å². The molecule has 0 radical (unpaired) electrons. The smallest absolute Gasteiger partial charge is 0.329 e. The second-order valence-corrected chi connectivity index (χ2v) is 2.65. The second kappa shape index (κ2) is 4.56. The van der Waals surface area contributed by atoms with Gasteiger partial charge in [0.05, 0.1) is 19.7 Å². The van der Waals surface area contributed by atoms with Crippen molar-refractivity contribution < 1.29 is 24.2 Å². The minimum absolute atomic E-state index is 0.00222. The highest BCUT2D eigenvalue weighted by atomic mass is 16.5. The predicted octanol–water partition coefficient (Wildman–Crippen LogP) is -1.36. The van der Waals surface area contributed by atoms with E-state index >= 15 is 0 Å². The summed E-state index contributed by atoms with van der Waals surface area (Å²) in [4.78, 5) is 32.9. The minimum atomic E-state index is -1.08. The van der Waals surface area contributed by atoms with Gasteiger partial charge in [-0.05, 0) is 0 Å². The highest BCUT2D eigenvalue weighted by Gasteiger charge is 2.27. The van der Waals surface area contributed by atoms with E-state index in [0.29, 0.717) is 0 Å². The normalized spacial score (nSPS) is 15.9. The van der Waals surface area contributed by atoms with Gasteiger partial charge in [-0.15, -0.1) is 0 Å². The molecule has 78 valence electrons. The Labute approximate surface area is 79.6 Å². The van der Waals surface area contributed by atoms with Gasteiger partial charge in [0.2, 0.25) is 5.91 Å². The molecule has 1 aliphatic heterocycles. The molecule has 0 spiro atoms. The van der Waals surface area contributed by atoms with Crippen molar-refractivity contribution in [3.05, 3.63) is 0 Å². The molecular formula is C7H10N2O5. The van der Waals surface area contributed by atoms with E-state index in [0.717, 1.165) is 4.90 Å². The number of ether oxygens (including phenoxy) is 1. The molecule has 0 aromatic carbocycles. The molecule has 3 amide bonds. The van der Waals surface area contributed by atoms with Gasteiger partial charge in [0.1, 0.15) is 6.61 Å². The van der Waals surface area contributed by atoms with Crippen LogP contribution in [0, 0.1) is 0 Å². The van der Waals surface area contributed by atoms with Crippen molar-refractivity contribution in [2.45, 2.75) is 0 Å². The summed E-state index contributed by atoms with van der Waals surface area (Å²) in [6, 6.07) is -0.464. The topological polar surface area (TPSA) is 95.9 Å². The number of carbonyl (C=O) groups excluding carboxylic acids is 2. The van der Waals surface area contributed by atoms with E-state index in [2.05, 4.69) is 10.1 Å². The molecule has 1 saturated heterocycles. The lowest BCUT2D eigenvalue weighted by molar-refractivity contribution is -0.142. The molecule has 0 aromatic heterocycles. The first-order valence-electron chi connectivity index (χ1n) is 3.99. The molecule has 0 unspecified atom stereocenters. The van der Waals surface area contributed by atoms with E-state index in [-0.39, 0.29) is 25.6 Å². The average molecular weight is 202 g/mol. The van der Waals surface area contributed by atoms with Gasteiger partial charge in [-0.1, -0.05) is 0 Å². The van der Waals surface area contributed by atoms with Crippen LogP contribution in [0.15, 0.2) is 0 Å². The van der Waals surface area contributed by atoms with Gasteiger partial charge < -0.3 is 15.2 Å². The van der Waals surface area contributed by atoms with Crippen LogP contribution < -0.4 is 5.32 Å². The van der Waals surface area contributed by atoms with E-state index in [1.54, 1.807) is 0 Å². The number of carboxylic acids is 1. The molecule has 7 heteroatoms. The number of amides is 3. The molecular weight excluding hydrogens is 192 g/mol. The maximum absolute atomic E-state index is 11.0. The van der Waals surface area contributed by atoms with Crippen LogP contribution >= 0.6 is 0 Å². The van der Waals surface area contributed by atoms with Crippen LogP contribution in [0.5, 0.6) is 0 Å². The van der Waals surface area contributed by atoms with Crippen LogP contribution in [0.3, 0.4) is 0 Å². The number of carboxylic acid groups (broad SMARTS) is 1. The van der Waals surface area contributed by atoms with Crippen molar-refractivity contribution in [3.8, 4) is 0 Å². The highest BCUT2D eigenvalue weighted by Crippen LogP contribution is 1.97. The summed E-state index contributed by atoms with van der Waals surface area (Å²) < 4.78 is 4.68.